The zero-order valence-electron chi connectivity index (χ0n) is 14.9. The lowest BCUT2D eigenvalue weighted by Crippen LogP contribution is -2.32. The second kappa shape index (κ2) is 8.92. The zero-order valence-corrected chi connectivity index (χ0v) is 16.5. The predicted octanol–water partition coefficient (Wildman–Crippen LogP) is 5.69. The third kappa shape index (κ3) is 7.21. The average molecular weight is 396 g/mol. The standard InChI is InChI=1S/C19H26BrNO3/c1-6-16(20)11-17(13(2)22)15-9-7-8-14(10-15)12-21-18(23)24-19(3,4)5/h7-11,22H,6,12H2,1-5H3,(H,21,23)/b16-11+,17-13-. The number of ether oxygens (including phenoxy) is 1. The minimum Gasteiger partial charge on any atom is -0.512 e. The molecule has 0 unspecified atom stereocenters. The summed E-state index contributed by atoms with van der Waals surface area (Å²) in [4.78, 5) is 11.7. The molecule has 4 nitrogen and oxygen atoms in total. The smallest absolute Gasteiger partial charge is 0.407 e. The van der Waals surface area contributed by atoms with Crippen molar-refractivity contribution in [2.24, 2.45) is 0 Å². The highest BCUT2D eigenvalue weighted by Gasteiger charge is 2.15. The second-order valence-corrected chi connectivity index (χ2v) is 7.52. The zero-order chi connectivity index (χ0) is 18.3. The van der Waals surface area contributed by atoms with E-state index in [0.717, 1.165) is 27.6 Å². The number of benzene rings is 1. The molecule has 0 heterocycles. The summed E-state index contributed by atoms with van der Waals surface area (Å²) in [5, 5.41) is 12.7. The van der Waals surface area contributed by atoms with Crippen LogP contribution in [0.3, 0.4) is 0 Å². The maximum atomic E-state index is 11.7. The number of hydrogen-bond donors (Lipinski definition) is 2. The molecule has 132 valence electrons. The Hall–Kier alpha value is -1.75. The van der Waals surface area contributed by atoms with Crippen molar-refractivity contribution in [1.29, 1.82) is 0 Å². The van der Waals surface area contributed by atoms with Crippen LogP contribution in [0.1, 0.15) is 52.2 Å². The molecule has 1 rings (SSSR count). The topological polar surface area (TPSA) is 58.6 Å². The minimum atomic E-state index is -0.521. The van der Waals surface area contributed by atoms with Crippen molar-refractivity contribution in [3.63, 3.8) is 0 Å². The first-order valence-corrected chi connectivity index (χ1v) is 8.73. The van der Waals surface area contributed by atoms with E-state index in [0.29, 0.717) is 6.54 Å². The molecule has 0 aliphatic rings. The number of allylic oxidation sites excluding steroid dienone is 4. The van der Waals surface area contributed by atoms with Crippen LogP contribution in [0.2, 0.25) is 0 Å². The number of nitrogens with one attached hydrogen (secondary N) is 1. The molecule has 0 aromatic heterocycles. The van der Waals surface area contributed by atoms with Gasteiger partial charge in [0.2, 0.25) is 0 Å². The van der Waals surface area contributed by atoms with Gasteiger partial charge in [-0.3, -0.25) is 0 Å². The Balaban J connectivity index is 2.90. The fraction of sp³-hybridized carbons (Fsp3) is 0.421. The van der Waals surface area contributed by atoms with Crippen LogP contribution in [0.25, 0.3) is 5.57 Å². The van der Waals surface area contributed by atoms with E-state index >= 15 is 0 Å². The van der Waals surface area contributed by atoms with E-state index in [-0.39, 0.29) is 5.76 Å². The highest BCUT2D eigenvalue weighted by Crippen LogP contribution is 2.24. The molecular weight excluding hydrogens is 370 g/mol. The van der Waals surface area contributed by atoms with Gasteiger partial charge in [-0.1, -0.05) is 41.1 Å². The van der Waals surface area contributed by atoms with Crippen molar-refractivity contribution < 1.29 is 14.6 Å². The molecule has 24 heavy (non-hydrogen) atoms. The lowest BCUT2D eigenvalue weighted by Gasteiger charge is -2.19. The van der Waals surface area contributed by atoms with Crippen LogP contribution in [0.5, 0.6) is 0 Å². The molecule has 1 aromatic rings. The first-order valence-electron chi connectivity index (χ1n) is 7.94. The fourth-order valence-corrected chi connectivity index (χ4v) is 2.22. The molecule has 0 bridgehead atoms. The lowest BCUT2D eigenvalue weighted by atomic mass is 10.0. The second-order valence-electron chi connectivity index (χ2n) is 6.50. The van der Waals surface area contributed by atoms with Crippen molar-refractivity contribution in [1.82, 2.24) is 5.32 Å². The molecule has 0 aliphatic carbocycles. The summed E-state index contributed by atoms with van der Waals surface area (Å²) < 4.78 is 6.23. The Kier molecular flexibility index (Phi) is 7.55. The van der Waals surface area contributed by atoms with Crippen LogP contribution in [0.4, 0.5) is 4.79 Å². The number of alkyl carbamates (subject to hydrolysis) is 1. The summed E-state index contributed by atoms with van der Waals surface area (Å²) in [6.45, 7) is 9.53. The van der Waals surface area contributed by atoms with Gasteiger partial charge in [-0.25, -0.2) is 4.79 Å². The van der Waals surface area contributed by atoms with E-state index in [4.69, 9.17) is 4.74 Å². The number of carbonyl (C=O) groups is 1. The van der Waals surface area contributed by atoms with Crippen molar-refractivity contribution in [2.75, 3.05) is 0 Å². The number of aliphatic hydroxyl groups is 1. The SMILES string of the molecule is CC/C(Br)=C\C(=C(/C)O)c1cccc(CNC(=O)OC(C)(C)C)c1. The summed E-state index contributed by atoms with van der Waals surface area (Å²) >= 11 is 3.48. The molecular formula is C19H26BrNO3. The number of hydrogen-bond acceptors (Lipinski definition) is 3. The maximum Gasteiger partial charge on any atom is 0.407 e. The van der Waals surface area contributed by atoms with E-state index in [1.165, 1.54) is 0 Å². The third-order valence-electron chi connectivity index (χ3n) is 3.10. The van der Waals surface area contributed by atoms with Gasteiger partial charge < -0.3 is 15.2 Å². The van der Waals surface area contributed by atoms with Gasteiger partial charge in [0.1, 0.15) is 5.60 Å². The van der Waals surface area contributed by atoms with Gasteiger partial charge in [-0.05, 0) is 61.9 Å². The van der Waals surface area contributed by atoms with Gasteiger partial charge in [-0.15, -0.1) is 0 Å². The van der Waals surface area contributed by atoms with Gasteiger partial charge in [0.25, 0.3) is 0 Å². The summed E-state index contributed by atoms with van der Waals surface area (Å²) in [6, 6.07) is 7.69. The van der Waals surface area contributed by atoms with Gasteiger partial charge in [0.15, 0.2) is 0 Å². The molecule has 0 spiro atoms. The van der Waals surface area contributed by atoms with Crippen LogP contribution >= 0.6 is 15.9 Å². The molecule has 1 aromatic carbocycles. The molecule has 0 radical (unpaired) electrons. The van der Waals surface area contributed by atoms with Crippen LogP contribution < -0.4 is 5.32 Å². The molecule has 2 N–H and O–H groups in total. The van der Waals surface area contributed by atoms with Crippen LogP contribution in [0, 0.1) is 0 Å². The molecule has 0 saturated heterocycles. The minimum absolute atomic E-state index is 0.248. The summed E-state index contributed by atoms with van der Waals surface area (Å²) in [5.74, 6) is 0.248. The van der Waals surface area contributed by atoms with E-state index < -0.39 is 11.7 Å². The summed E-state index contributed by atoms with van der Waals surface area (Å²) in [6.07, 6.45) is 2.31. The number of aliphatic hydroxyl groups excluding tert-OH is 1. The van der Waals surface area contributed by atoms with Crippen LogP contribution in [-0.4, -0.2) is 16.8 Å². The number of carbonyl (C=O) groups excluding carboxylic acids is 1. The molecule has 0 saturated carbocycles. The Morgan fingerprint density at radius 1 is 1.38 bits per heavy atom. The Morgan fingerprint density at radius 3 is 2.58 bits per heavy atom. The van der Waals surface area contributed by atoms with Crippen molar-refractivity contribution >= 4 is 27.6 Å². The first kappa shape index (κ1) is 20.3. The molecule has 5 heteroatoms. The van der Waals surface area contributed by atoms with E-state index in [2.05, 4.69) is 21.2 Å². The van der Waals surface area contributed by atoms with Gasteiger partial charge >= 0.3 is 6.09 Å². The number of halogens is 1. The van der Waals surface area contributed by atoms with Crippen LogP contribution in [-0.2, 0) is 11.3 Å². The monoisotopic (exact) mass is 395 g/mol. The summed E-state index contributed by atoms with van der Waals surface area (Å²) in [5.41, 5.74) is 2.05. The van der Waals surface area contributed by atoms with E-state index in [1.54, 1.807) is 6.92 Å². The predicted molar refractivity (Wildman–Crippen MR) is 102 cm³/mol. The molecule has 0 aliphatic heterocycles. The lowest BCUT2D eigenvalue weighted by molar-refractivity contribution is 0.0523. The maximum absolute atomic E-state index is 11.7. The highest BCUT2D eigenvalue weighted by molar-refractivity contribution is 9.11. The fourth-order valence-electron chi connectivity index (χ4n) is 1.99. The van der Waals surface area contributed by atoms with Crippen molar-refractivity contribution in [3.05, 3.63) is 51.7 Å². The Labute approximate surface area is 152 Å². The third-order valence-corrected chi connectivity index (χ3v) is 3.89. The molecule has 0 atom stereocenters. The van der Waals surface area contributed by atoms with Crippen molar-refractivity contribution in [3.8, 4) is 0 Å². The first-order chi connectivity index (χ1) is 11.1. The largest absolute Gasteiger partial charge is 0.512 e. The van der Waals surface area contributed by atoms with Gasteiger partial charge in [-0.2, -0.15) is 0 Å². The normalized spacial score (nSPS) is 13.3. The molecule has 0 fully saturated rings. The van der Waals surface area contributed by atoms with Crippen LogP contribution in [0.15, 0.2) is 40.6 Å². The van der Waals surface area contributed by atoms with Crippen molar-refractivity contribution in [2.45, 2.75) is 53.2 Å². The highest BCUT2D eigenvalue weighted by atomic mass is 79.9. The van der Waals surface area contributed by atoms with E-state index in [9.17, 15) is 9.90 Å². The number of amides is 1. The molecule has 1 amide bonds. The average Bonchev–Trinajstić information content (AvgIpc) is 2.48. The number of rotatable bonds is 5. The van der Waals surface area contributed by atoms with Gasteiger partial charge in [0.05, 0.1) is 5.76 Å². The Bertz CT molecular complexity index is 638. The quantitative estimate of drug-likeness (QED) is 0.497. The Morgan fingerprint density at radius 2 is 2.04 bits per heavy atom. The van der Waals surface area contributed by atoms with Gasteiger partial charge in [0, 0.05) is 12.1 Å². The summed E-state index contributed by atoms with van der Waals surface area (Å²) in [7, 11) is 0. The van der Waals surface area contributed by atoms with E-state index in [1.807, 2.05) is 58.0 Å².